The number of fused-ring (bicyclic) bond motifs is 7. The highest BCUT2D eigenvalue weighted by molar-refractivity contribution is 5.95. The molecule has 0 radical (unpaired) electrons. The molecule has 0 unspecified atom stereocenters. The molecule has 1 heterocycles. The monoisotopic (exact) mass is 319 g/mol. The lowest BCUT2D eigenvalue weighted by molar-refractivity contribution is 0.0697. The molecule has 2 fully saturated rings. The molecule has 0 saturated heterocycles. The van der Waals surface area contributed by atoms with Crippen LogP contribution in [0.1, 0.15) is 52.7 Å². The largest absolute Gasteiger partial charge is 0.478 e. The van der Waals surface area contributed by atoms with E-state index in [4.69, 9.17) is 0 Å². The van der Waals surface area contributed by atoms with E-state index in [1.165, 1.54) is 30.4 Å². The molecular weight excluding hydrogens is 298 g/mol. The number of carboxylic acids is 1. The van der Waals surface area contributed by atoms with Crippen LogP contribution in [-0.4, -0.2) is 11.1 Å². The van der Waals surface area contributed by atoms with Crippen molar-refractivity contribution in [2.45, 2.75) is 31.2 Å². The van der Waals surface area contributed by atoms with E-state index in [1.54, 1.807) is 6.07 Å². The van der Waals surface area contributed by atoms with E-state index >= 15 is 0 Å². The van der Waals surface area contributed by atoms with E-state index in [0.717, 1.165) is 17.5 Å². The van der Waals surface area contributed by atoms with Crippen molar-refractivity contribution in [2.24, 2.45) is 17.8 Å². The Balaban J connectivity index is 1.69. The van der Waals surface area contributed by atoms with Crippen molar-refractivity contribution >= 4 is 11.7 Å². The van der Waals surface area contributed by atoms with Crippen molar-refractivity contribution in [1.29, 1.82) is 0 Å². The molecule has 3 aliphatic rings. The summed E-state index contributed by atoms with van der Waals surface area (Å²) >= 11 is 0. The van der Waals surface area contributed by atoms with Gasteiger partial charge in [-0.3, -0.25) is 0 Å². The molecule has 5 atom stereocenters. The lowest BCUT2D eigenvalue weighted by Gasteiger charge is -2.44. The summed E-state index contributed by atoms with van der Waals surface area (Å²) in [7, 11) is 0. The Hall–Kier alpha value is -2.29. The minimum Gasteiger partial charge on any atom is -0.478 e. The zero-order chi connectivity index (χ0) is 16.3. The molecule has 122 valence electrons. The molecule has 0 amide bonds. The van der Waals surface area contributed by atoms with Gasteiger partial charge in [0.05, 0.1) is 17.3 Å². The van der Waals surface area contributed by atoms with E-state index < -0.39 is 5.97 Å². The van der Waals surface area contributed by atoms with Crippen molar-refractivity contribution < 1.29 is 9.90 Å². The molecule has 2 bridgehead atoms. The third kappa shape index (κ3) is 1.87. The maximum atomic E-state index is 11.7. The second-order valence-corrected chi connectivity index (χ2v) is 7.54. The summed E-state index contributed by atoms with van der Waals surface area (Å²) in [6, 6.07) is 16.6. The minimum atomic E-state index is -0.840. The van der Waals surface area contributed by atoms with Gasteiger partial charge in [0.2, 0.25) is 0 Å². The topological polar surface area (TPSA) is 49.3 Å². The van der Waals surface area contributed by atoms with Crippen LogP contribution in [-0.2, 0) is 0 Å². The molecule has 2 aromatic rings. The van der Waals surface area contributed by atoms with Gasteiger partial charge in [0, 0.05) is 0 Å². The number of rotatable bonds is 2. The summed E-state index contributed by atoms with van der Waals surface area (Å²) in [4.78, 5) is 11.7. The first-order valence-electron chi connectivity index (χ1n) is 8.91. The smallest absolute Gasteiger partial charge is 0.337 e. The zero-order valence-electron chi connectivity index (χ0n) is 13.5. The van der Waals surface area contributed by atoms with Crippen LogP contribution in [0.4, 0.5) is 5.69 Å². The number of anilines is 1. The van der Waals surface area contributed by atoms with Gasteiger partial charge in [-0.05, 0) is 60.1 Å². The summed E-state index contributed by atoms with van der Waals surface area (Å²) < 4.78 is 0. The van der Waals surface area contributed by atoms with Gasteiger partial charge in [0.25, 0.3) is 0 Å². The van der Waals surface area contributed by atoms with E-state index in [2.05, 4.69) is 35.6 Å². The normalized spacial score (nSPS) is 32.8. The van der Waals surface area contributed by atoms with Gasteiger partial charge in [-0.25, -0.2) is 4.79 Å². The number of para-hydroxylation sites is 1. The van der Waals surface area contributed by atoms with Crippen LogP contribution in [0.5, 0.6) is 0 Å². The number of hydrogen-bond donors (Lipinski definition) is 2. The first-order valence-corrected chi connectivity index (χ1v) is 8.91. The van der Waals surface area contributed by atoms with Crippen molar-refractivity contribution in [3.05, 3.63) is 65.2 Å². The number of carboxylic acid groups (broad SMARTS) is 1. The first kappa shape index (κ1) is 14.1. The highest BCUT2D eigenvalue weighted by atomic mass is 16.4. The van der Waals surface area contributed by atoms with Gasteiger partial charge in [-0.1, -0.05) is 42.5 Å². The minimum absolute atomic E-state index is 0.222. The third-order valence-electron chi connectivity index (χ3n) is 6.51. The van der Waals surface area contributed by atoms with Crippen LogP contribution in [0.3, 0.4) is 0 Å². The summed E-state index contributed by atoms with van der Waals surface area (Å²) in [5, 5.41) is 13.3. The molecule has 0 aromatic heterocycles. The molecule has 3 heteroatoms. The second-order valence-electron chi connectivity index (χ2n) is 7.54. The Kier molecular flexibility index (Phi) is 2.99. The second kappa shape index (κ2) is 5.10. The molecular formula is C21H21NO2. The fourth-order valence-electron chi connectivity index (χ4n) is 5.68. The summed E-state index contributed by atoms with van der Waals surface area (Å²) in [6.07, 6.45) is 3.92. The van der Waals surface area contributed by atoms with Gasteiger partial charge in [0.1, 0.15) is 0 Å². The molecule has 0 spiro atoms. The van der Waals surface area contributed by atoms with Crippen LogP contribution in [0.15, 0.2) is 48.5 Å². The molecule has 5 rings (SSSR count). The van der Waals surface area contributed by atoms with Crippen molar-refractivity contribution in [3.63, 3.8) is 0 Å². The fraction of sp³-hybridized carbons (Fsp3) is 0.381. The summed E-state index contributed by atoms with van der Waals surface area (Å²) in [6.45, 7) is 0. The van der Waals surface area contributed by atoms with Crippen molar-refractivity contribution in [2.75, 3.05) is 5.32 Å². The number of aromatic carboxylic acids is 1. The predicted molar refractivity (Wildman–Crippen MR) is 93.3 cm³/mol. The Morgan fingerprint density at radius 3 is 2.58 bits per heavy atom. The van der Waals surface area contributed by atoms with Gasteiger partial charge >= 0.3 is 5.97 Å². The van der Waals surface area contributed by atoms with Crippen LogP contribution < -0.4 is 5.32 Å². The Bertz CT molecular complexity index is 801. The average molecular weight is 319 g/mol. The van der Waals surface area contributed by atoms with E-state index in [9.17, 15) is 9.90 Å². The third-order valence-corrected chi connectivity index (χ3v) is 6.51. The highest BCUT2D eigenvalue weighted by Gasteiger charge is 2.54. The number of carbonyl (C=O) groups is 1. The molecule has 2 N–H and O–H groups in total. The van der Waals surface area contributed by atoms with Gasteiger partial charge in [-0.2, -0.15) is 0 Å². The Morgan fingerprint density at radius 2 is 1.79 bits per heavy atom. The van der Waals surface area contributed by atoms with Crippen LogP contribution >= 0.6 is 0 Å². The maximum Gasteiger partial charge on any atom is 0.337 e. The quantitative estimate of drug-likeness (QED) is 0.845. The van der Waals surface area contributed by atoms with Gasteiger partial charge in [-0.15, -0.1) is 0 Å². The first-order chi connectivity index (χ1) is 11.7. The SMILES string of the molecule is O=C(O)c1cccc2c1N[C@H](c1ccccc1)[C@@H]1[C@@H]3CC[C@@H](C3)[C@H]21. The highest BCUT2D eigenvalue weighted by Crippen LogP contribution is 2.63. The summed E-state index contributed by atoms with van der Waals surface area (Å²) in [5.74, 6) is 1.73. The van der Waals surface area contributed by atoms with Crippen LogP contribution in [0, 0.1) is 17.8 Å². The fourth-order valence-corrected chi connectivity index (χ4v) is 5.68. The molecule has 2 aromatic carbocycles. The average Bonchev–Trinajstić information content (AvgIpc) is 3.23. The molecule has 2 aliphatic carbocycles. The maximum absolute atomic E-state index is 11.7. The zero-order valence-corrected chi connectivity index (χ0v) is 13.5. The van der Waals surface area contributed by atoms with Crippen molar-refractivity contribution in [1.82, 2.24) is 0 Å². The predicted octanol–water partition coefficient (Wildman–Crippen LogP) is 4.68. The molecule has 1 aliphatic heterocycles. The number of hydrogen-bond acceptors (Lipinski definition) is 2. The van der Waals surface area contributed by atoms with Crippen LogP contribution in [0.2, 0.25) is 0 Å². The number of benzene rings is 2. The van der Waals surface area contributed by atoms with Gasteiger partial charge in [0.15, 0.2) is 0 Å². The van der Waals surface area contributed by atoms with Crippen LogP contribution in [0.25, 0.3) is 0 Å². The standard InChI is InChI=1S/C21H21NO2/c23-21(24)16-8-4-7-15-17-13-9-10-14(11-13)18(17)19(22-20(15)16)12-5-2-1-3-6-12/h1-8,13-14,17-19,22H,9-11H2,(H,23,24)/t13-,14+,17+,18+,19+/m0/s1. The lowest BCUT2D eigenvalue weighted by Crippen LogP contribution is -2.36. The molecule has 3 nitrogen and oxygen atoms in total. The van der Waals surface area contributed by atoms with Crippen molar-refractivity contribution in [3.8, 4) is 0 Å². The van der Waals surface area contributed by atoms with E-state index in [-0.39, 0.29) is 6.04 Å². The van der Waals surface area contributed by atoms with E-state index in [1.807, 2.05) is 12.1 Å². The summed E-state index contributed by atoms with van der Waals surface area (Å²) in [5.41, 5.74) is 3.78. The lowest BCUT2D eigenvalue weighted by atomic mass is 9.67. The Morgan fingerprint density at radius 1 is 1.00 bits per heavy atom. The molecule has 24 heavy (non-hydrogen) atoms. The van der Waals surface area contributed by atoms with E-state index in [0.29, 0.717) is 17.4 Å². The molecule has 2 saturated carbocycles. The Labute approximate surface area is 141 Å². The van der Waals surface area contributed by atoms with Gasteiger partial charge < -0.3 is 10.4 Å². The number of nitrogens with one attached hydrogen (secondary N) is 1.